The molecule has 2 aromatic carbocycles. The summed E-state index contributed by atoms with van der Waals surface area (Å²) >= 11 is 1.70. The summed E-state index contributed by atoms with van der Waals surface area (Å²) in [7, 11) is 0. The van der Waals surface area contributed by atoms with Crippen molar-refractivity contribution >= 4 is 39.1 Å². The van der Waals surface area contributed by atoms with E-state index < -0.39 is 0 Å². The molecule has 0 unspecified atom stereocenters. The van der Waals surface area contributed by atoms with E-state index in [0.29, 0.717) is 6.42 Å². The zero-order valence-corrected chi connectivity index (χ0v) is 17.6. The van der Waals surface area contributed by atoms with Crippen LogP contribution in [0.2, 0.25) is 0 Å². The number of nitrogens with zero attached hydrogens (tertiary/aromatic N) is 1. The fourth-order valence-corrected chi connectivity index (χ4v) is 4.03. The van der Waals surface area contributed by atoms with Crippen molar-refractivity contribution in [2.24, 2.45) is 0 Å². The summed E-state index contributed by atoms with van der Waals surface area (Å²) in [6.45, 7) is 4.11. The molecule has 0 saturated carbocycles. The number of anilines is 1. The highest BCUT2D eigenvalue weighted by Crippen LogP contribution is 2.22. The Hall–Kier alpha value is -2.93. The molecule has 2 amide bonds. The van der Waals surface area contributed by atoms with Crippen LogP contribution in [-0.2, 0) is 16.0 Å². The molecule has 3 aromatic rings. The van der Waals surface area contributed by atoms with Crippen LogP contribution in [0.5, 0.6) is 0 Å². The average Bonchev–Trinajstić information content (AvgIpc) is 3.12. The van der Waals surface area contributed by atoms with Gasteiger partial charge in [0.2, 0.25) is 5.91 Å². The smallest absolute Gasteiger partial charge is 0.257 e. The number of aryl methyl sites for hydroxylation is 3. The first-order chi connectivity index (χ1) is 14.0. The number of carbonyl (C=O) groups excluding carboxylic acids is 2. The molecule has 0 fully saturated rings. The standard InChI is InChI=1S/C22H26N4O2S/c1-15-11-12-17(16(2)13-15)23-14-21(28)26-25-20(27)9-5-6-10-22-24-18-7-3-4-8-19(18)29-22/h3-4,7-8,11-13,23H,5-6,9-10,14H2,1-2H3,(H,25,27)(H,26,28). The van der Waals surface area contributed by atoms with Crippen molar-refractivity contribution in [3.05, 3.63) is 58.6 Å². The second kappa shape index (κ2) is 10.0. The van der Waals surface area contributed by atoms with Gasteiger partial charge in [0.15, 0.2) is 0 Å². The number of amides is 2. The van der Waals surface area contributed by atoms with Gasteiger partial charge < -0.3 is 5.32 Å². The zero-order valence-electron chi connectivity index (χ0n) is 16.7. The Morgan fingerprint density at radius 3 is 2.59 bits per heavy atom. The first kappa shape index (κ1) is 20.8. The van der Waals surface area contributed by atoms with Crippen LogP contribution >= 0.6 is 11.3 Å². The lowest BCUT2D eigenvalue weighted by atomic mass is 10.1. The molecule has 0 aliphatic heterocycles. The van der Waals surface area contributed by atoms with Gasteiger partial charge in [-0.3, -0.25) is 20.4 Å². The molecule has 0 atom stereocenters. The Bertz CT molecular complexity index is 966. The molecule has 3 N–H and O–H groups in total. The Morgan fingerprint density at radius 2 is 1.79 bits per heavy atom. The van der Waals surface area contributed by atoms with Crippen LogP contribution in [0.1, 0.15) is 35.4 Å². The maximum Gasteiger partial charge on any atom is 0.257 e. The summed E-state index contributed by atoms with van der Waals surface area (Å²) in [6, 6.07) is 14.1. The van der Waals surface area contributed by atoms with E-state index in [-0.39, 0.29) is 18.4 Å². The number of benzene rings is 2. The average molecular weight is 411 g/mol. The minimum absolute atomic E-state index is 0.0990. The first-order valence-corrected chi connectivity index (χ1v) is 10.6. The third kappa shape index (κ3) is 6.29. The quantitative estimate of drug-likeness (QED) is 0.389. The molecule has 7 heteroatoms. The number of aromatic nitrogens is 1. The third-order valence-electron chi connectivity index (χ3n) is 4.55. The second-order valence-electron chi connectivity index (χ2n) is 7.05. The number of para-hydroxylation sites is 1. The first-order valence-electron chi connectivity index (χ1n) is 9.74. The maximum absolute atomic E-state index is 11.9. The second-order valence-corrected chi connectivity index (χ2v) is 8.17. The van der Waals surface area contributed by atoms with Crippen LogP contribution in [0.3, 0.4) is 0 Å². The molecule has 29 heavy (non-hydrogen) atoms. The molecule has 152 valence electrons. The molecule has 0 radical (unpaired) electrons. The minimum Gasteiger partial charge on any atom is -0.376 e. The van der Waals surface area contributed by atoms with Crippen LogP contribution in [0.4, 0.5) is 5.69 Å². The highest BCUT2D eigenvalue weighted by Gasteiger charge is 2.07. The zero-order chi connectivity index (χ0) is 20.6. The van der Waals surface area contributed by atoms with Crippen molar-refractivity contribution in [3.8, 4) is 0 Å². The molecule has 1 aromatic heterocycles. The van der Waals surface area contributed by atoms with Crippen molar-refractivity contribution in [3.63, 3.8) is 0 Å². The van der Waals surface area contributed by atoms with Gasteiger partial charge in [-0.25, -0.2) is 4.98 Å². The predicted octanol–water partition coefficient (Wildman–Crippen LogP) is 3.89. The van der Waals surface area contributed by atoms with E-state index in [0.717, 1.165) is 41.0 Å². The van der Waals surface area contributed by atoms with E-state index in [1.807, 2.05) is 44.2 Å². The molecule has 0 spiro atoms. The van der Waals surface area contributed by atoms with Gasteiger partial charge in [-0.15, -0.1) is 11.3 Å². The van der Waals surface area contributed by atoms with E-state index in [1.165, 1.54) is 10.3 Å². The Labute approximate surface area is 174 Å². The van der Waals surface area contributed by atoms with E-state index in [4.69, 9.17) is 0 Å². The summed E-state index contributed by atoms with van der Waals surface area (Å²) in [5, 5.41) is 4.17. The third-order valence-corrected chi connectivity index (χ3v) is 5.64. The van der Waals surface area contributed by atoms with Crippen molar-refractivity contribution in [2.75, 3.05) is 11.9 Å². The summed E-state index contributed by atoms with van der Waals surface area (Å²) in [5.41, 5.74) is 9.11. The van der Waals surface area contributed by atoms with Gasteiger partial charge in [-0.05, 0) is 56.9 Å². The fraction of sp³-hybridized carbons (Fsp3) is 0.318. The van der Waals surface area contributed by atoms with Gasteiger partial charge in [-0.2, -0.15) is 0 Å². The number of carbonyl (C=O) groups is 2. The number of thiazole rings is 1. The molecular weight excluding hydrogens is 384 g/mol. The molecule has 0 aliphatic rings. The molecular formula is C22H26N4O2S. The summed E-state index contributed by atoms with van der Waals surface area (Å²) < 4.78 is 1.19. The lowest BCUT2D eigenvalue weighted by molar-refractivity contribution is -0.128. The van der Waals surface area contributed by atoms with Crippen LogP contribution in [0.15, 0.2) is 42.5 Å². The Balaban J connectivity index is 1.30. The molecule has 0 bridgehead atoms. The summed E-state index contributed by atoms with van der Waals surface area (Å²) in [4.78, 5) is 28.4. The topological polar surface area (TPSA) is 83.1 Å². The largest absolute Gasteiger partial charge is 0.376 e. The number of hydrazine groups is 1. The highest BCUT2D eigenvalue weighted by atomic mass is 32.1. The van der Waals surface area contributed by atoms with E-state index in [1.54, 1.807) is 11.3 Å². The van der Waals surface area contributed by atoms with Crippen LogP contribution in [0, 0.1) is 13.8 Å². The van der Waals surface area contributed by atoms with Gasteiger partial charge in [-0.1, -0.05) is 29.8 Å². The normalized spacial score (nSPS) is 10.7. The number of hydrogen-bond acceptors (Lipinski definition) is 5. The fourth-order valence-electron chi connectivity index (χ4n) is 3.02. The predicted molar refractivity (Wildman–Crippen MR) is 118 cm³/mol. The lowest BCUT2D eigenvalue weighted by Crippen LogP contribution is -2.44. The SMILES string of the molecule is Cc1ccc(NCC(=O)NNC(=O)CCCCc2nc3ccccc3s2)c(C)c1. The minimum atomic E-state index is -0.284. The summed E-state index contributed by atoms with van der Waals surface area (Å²) in [5.74, 6) is -0.470. The van der Waals surface area contributed by atoms with Gasteiger partial charge in [0.25, 0.3) is 5.91 Å². The van der Waals surface area contributed by atoms with Gasteiger partial charge in [0.05, 0.1) is 21.8 Å². The van der Waals surface area contributed by atoms with Crippen molar-refractivity contribution < 1.29 is 9.59 Å². The molecule has 1 heterocycles. The van der Waals surface area contributed by atoms with E-state index >= 15 is 0 Å². The van der Waals surface area contributed by atoms with Crippen molar-refractivity contribution in [2.45, 2.75) is 39.5 Å². The number of rotatable bonds is 8. The Morgan fingerprint density at radius 1 is 1.00 bits per heavy atom. The van der Waals surface area contributed by atoms with Crippen LogP contribution in [-0.4, -0.2) is 23.3 Å². The van der Waals surface area contributed by atoms with Gasteiger partial charge >= 0.3 is 0 Å². The van der Waals surface area contributed by atoms with Gasteiger partial charge in [0, 0.05) is 12.1 Å². The highest BCUT2D eigenvalue weighted by molar-refractivity contribution is 7.18. The maximum atomic E-state index is 11.9. The molecule has 3 rings (SSSR count). The number of fused-ring (bicyclic) bond motifs is 1. The summed E-state index contributed by atoms with van der Waals surface area (Å²) in [6.07, 6.45) is 2.86. The van der Waals surface area contributed by atoms with E-state index in [9.17, 15) is 9.59 Å². The van der Waals surface area contributed by atoms with Crippen molar-refractivity contribution in [1.29, 1.82) is 0 Å². The Kier molecular flexibility index (Phi) is 7.19. The monoisotopic (exact) mass is 410 g/mol. The molecule has 0 aliphatic carbocycles. The number of unbranched alkanes of at least 4 members (excludes halogenated alkanes) is 1. The number of nitrogens with one attached hydrogen (secondary N) is 3. The van der Waals surface area contributed by atoms with Crippen LogP contribution < -0.4 is 16.2 Å². The molecule has 0 saturated heterocycles. The van der Waals surface area contributed by atoms with Crippen molar-refractivity contribution in [1.82, 2.24) is 15.8 Å². The lowest BCUT2D eigenvalue weighted by Gasteiger charge is -2.11. The van der Waals surface area contributed by atoms with Gasteiger partial charge in [0.1, 0.15) is 0 Å². The van der Waals surface area contributed by atoms with E-state index in [2.05, 4.69) is 33.3 Å². The molecule has 6 nitrogen and oxygen atoms in total. The number of hydrogen-bond donors (Lipinski definition) is 3. The van der Waals surface area contributed by atoms with Crippen LogP contribution in [0.25, 0.3) is 10.2 Å².